The van der Waals surface area contributed by atoms with E-state index in [4.69, 9.17) is 14.2 Å². The second-order valence-electron chi connectivity index (χ2n) is 7.94. The fourth-order valence-electron chi connectivity index (χ4n) is 3.35. The van der Waals surface area contributed by atoms with E-state index in [9.17, 15) is 14.4 Å². The molecule has 0 spiro atoms. The third kappa shape index (κ3) is 6.19. The zero-order chi connectivity index (χ0) is 21.6. The van der Waals surface area contributed by atoms with Gasteiger partial charge in [0.25, 0.3) is 0 Å². The van der Waals surface area contributed by atoms with Crippen molar-refractivity contribution in [2.45, 2.75) is 63.9 Å². The lowest BCUT2D eigenvalue weighted by Gasteiger charge is -2.32. The Labute approximate surface area is 171 Å². The molecule has 1 unspecified atom stereocenters. The van der Waals surface area contributed by atoms with Gasteiger partial charge in [-0.05, 0) is 39.2 Å². The minimum Gasteiger partial charge on any atom is -0.467 e. The minimum atomic E-state index is -0.921. The van der Waals surface area contributed by atoms with E-state index in [1.54, 1.807) is 20.8 Å². The molecule has 2 rings (SSSR count). The predicted molar refractivity (Wildman–Crippen MR) is 106 cm³/mol. The van der Waals surface area contributed by atoms with Crippen LogP contribution in [-0.4, -0.2) is 61.0 Å². The average Bonchev–Trinajstić information content (AvgIpc) is 3.09. The summed E-state index contributed by atoms with van der Waals surface area (Å²) in [4.78, 5) is 39.4. The molecule has 0 aromatic heterocycles. The van der Waals surface area contributed by atoms with Gasteiger partial charge in [-0.2, -0.15) is 0 Å². The molecule has 0 saturated carbocycles. The van der Waals surface area contributed by atoms with Gasteiger partial charge in [-0.1, -0.05) is 30.3 Å². The second-order valence-corrected chi connectivity index (χ2v) is 7.94. The fourth-order valence-corrected chi connectivity index (χ4v) is 3.35. The van der Waals surface area contributed by atoms with Gasteiger partial charge in [-0.3, -0.25) is 4.79 Å². The van der Waals surface area contributed by atoms with Crippen LogP contribution < -0.4 is 5.32 Å². The third-order valence-corrected chi connectivity index (χ3v) is 4.60. The van der Waals surface area contributed by atoms with Crippen LogP contribution in [0.5, 0.6) is 0 Å². The number of ether oxygens (including phenoxy) is 3. The van der Waals surface area contributed by atoms with Crippen LogP contribution in [0.15, 0.2) is 30.3 Å². The summed E-state index contributed by atoms with van der Waals surface area (Å²) in [5.41, 5.74) is 0.159. The molecule has 0 aliphatic carbocycles. The number of hydrogen-bond donors (Lipinski definition) is 1. The van der Waals surface area contributed by atoms with Crippen molar-refractivity contribution >= 4 is 18.0 Å². The lowest BCUT2D eigenvalue weighted by Crippen LogP contribution is -2.55. The molecule has 1 fully saturated rings. The number of rotatable bonds is 6. The second kappa shape index (κ2) is 9.73. The number of likely N-dealkylation sites (tertiary alicyclic amines) is 1. The van der Waals surface area contributed by atoms with Crippen molar-refractivity contribution < 1.29 is 28.6 Å². The van der Waals surface area contributed by atoms with Crippen molar-refractivity contribution in [1.82, 2.24) is 10.2 Å². The van der Waals surface area contributed by atoms with E-state index in [1.807, 2.05) is 30.3 Å². The summed E-state index contributed by atoms with van der Waals surface area (Å²) >= 11 is 0. The lowest BCUT2D eigenvalue weighted by atomic mass is 10.0. The number of amides is 2. The quantitative estimate of drug-likeness (QED) is 0.729. The molecule has 8 heteroatoms. The van der Waals surface area contributed by atoms with E-state index in [1.165, 1.54) is 19.1 Å². The number of carbonyl (C=O) groups excluding carboxylic acids is 3. The molecule has 1 N–H and O–H groups in total. The molecule has 3 atom stereocenters. The molecular formula is C21H30N2O6. The highest BCUT2D eigenvalue weighted by Gasteiger charge is 2.44. The minimum absolute atomic E-state index is 0.250. The zero-order valence-electron chi connectivity index (χ0n) is 17.6. The summed E-state index contributed by atoms with van der Waals surface area (Å²) in [5.74, 6) is -0.923. The average molecular weight is 406 g/mol. The van der Waals surface area contributed by atoms with Crippen LogP contribution in [0.25, 0.3) is 0 Å². The molecule has 1 heterocycles. The summed E-state index contributed by atoms with van der Waals surface area (Å²) in [7, 11) is 2.77. The molecule has 2 amide bonds. The van der Waals surface area contributed by atoms with E-state index >= 15 is 0 Å². The van der Waals surface area contributed by atoms with Crippen molar-refractivity contribution in [1.29, 1.82) is 0 Å². The van der Waals surface area contributed by atoms with Crippen molar-refractivity contribution in [3.8, 4) is 0 Å². The Bertz CT molecular complexity index is 716. The fraction of sp³-hybridized carbons (Fsp3) is 0.571. The summed E-state index contributed by atoms with van der Waals surface area (Å²) in [6.07, 6.45) is -0.0759. The van der Waals surface area contributed by atoms with Crippen molar-refractivity contribution in [2.24, 2.45) is 0 Å². The van der Waals surface area contributed by atoms with Crippen LogP contribution in [0.1, 0.15) is 39.2 Å². The maximum atomic E-state index is 13.4. The molecule has 1 aliphatic rings. The topological polar surface area (TPSA) is 94.2 Å². The lowest BCUT2D eigenvalue weighted by molar-refractivity contribution is -0.159. The number of nitrogens with zero attached hydrogens (tertiary/aromatic N) is 1. The van der Waals surface area contributed by atoms with Crippen molar-refractivity contribution in [3.05, 3.63) is 35.9 Å². The number of methoxy groups -OCH3 is 2. The normalized spacial score (nSPS) is 20.1. The largest absolute Gasteiger partial charge is 0.467 e. The molecule has 1 aromatic rings. The highest BCUT2D eigenvalue weighted by Crippen LogP contribution is 2.27. The Morgan fingerprint density at radius 2 is 1.79 bits per heavy atom. The van der Waals surface area contributed by atoms with E-state index in [0.29, 0.717) is 12.8 Å². The first-order valence-electron chi connectivity index (χ1n) is 9.62. The Morgan fingerprint density at radius 1 is 1.14 bits per heavy atom. The van der Waals surface area contributed by atoms with Crippen LogP contribution in [0.2, 0.25) is 0 Å². The van der Waals surface area contributed by atoms with E-state index < -0.39 is 41.9 Å². The Morgan fingerprint density at radius 3 is 2.34 bits per heavy atom. The van der Waals surface area contributed by atoms with Gasteiger partial charge in [0.2, 0.25) is 5.91 Å². The number of nitrogens with one attached hydrogen (secondary N) is 1. The molecule has 29 heavy (non-hydrogen) atoms. The van der Waals surface area contributed by atoms with Crippen molar-refractivity contribution in [3.63, 3.8) is 0 Å². The van der Waals surface area contributed by atoms with Crippen LogP contribution in [-0.2, 0) is 30.2 Å². The Kier molecular flexibility index (Phi) is 7.61. The van der Waals surface area contributed by atoms with Crippen LogP contribution in [0.4, 0.5) is 4.79 Å². The van der Waals surface area contributed by atoms with E-state index in [0.717, 1.165) is 5.56 Å². The molecule has 160 valence electrons. The first-order chi connectivity index (χ1) is 13.7. The van der Waals surface area contributed by atoms with Gasteiger partial charge >= 0.3 is 12.1 Å². The standard InChI is InChI=1S/C21H30N2O6/c1-21(2,3)29-20(26)22-15(13-14-9-7-6-8-10-14)18(24)23-16(19(25)28-5)11-12-17(23)27-4/h6-10,15-17H,11-13H2,1-5H3,(H,22,26)/t15-,16-,17?/m0/s1. The van der Waals surface area contributed by atoms with Crippen LogP contribution in [0, 0.1) is 0 Å². The SMILES string of the molecule is COC(=O)[C@@H]1CCC(OC)N1C(=O)[C@H](Cc1ccccc1)NC(=O)OC(C)(C)C. The molecule has 0 bridgehead atoms. The molecule has 0 radical (unpaired) electrons. The summed E-state index contributed by atoms with van der Waals surface area (Å²) in [6, 6.07) is 7.65. The smallest absolute Gasteiger partial charge is 0.408 e. The third-order valence-electron chi connectivity index (χ3n) is 4.60. The van der Waals surface area contributed by atoms with Crippen molar-refractivity contribution in [2.75, 3.05) is 14.2 Å². The van der Waals surface area contributed by atoms with E-state index in [2.05, 4.69) is 5.32 Å². The monoisotopic (exact) mass is 406 g/mol. The van der Waals surface area contributed by atoms with Gasteiger partial charge in [-0.15, -0.1) is 0 Å². The first kappa shape index (κ1) is 22.7. The van der Waals surface area contributed by atoms with Crippen LogP contribution >= 0.6 is 0 Å². The number of benzene rings is 1. The van der Waals surface area contributed by atoms with Gasteiger partial charge in [0.1, 0.15) is 23.9 Å². The molecule has 8 nitrogen and oxygen atoms in total. The summed E-state index contributed by atoms with van der Waals surface area (Å²) in [6.45, 7) is 5.24. The maximum absolute atomic E-state index is 13.4. The van der Waals surface area contributed by atoms with Gasteiger partial charge in [0.15, 0.2) is 0 Å². The Balaban J connectivity index is 2.28. The van der Waals surface area contributed by atoms with Gasteiger partial charge < -0.3 is 24.4 Å². The van der Waals surface area contributed by atoms with Gasteiger partial charge in [0, 0.05) is 13.5 Å². The van der Waals surface area contributed by atoms with Gasteiger partial charge in [-0.25, -0.2) is 9.59 Å². The zero-order valence-corrected chi connectivity index (χ0v) is 17.6. The molecular weight excluding hydrogens is 376 g/mol. The number of hydrogen-bond acceptors (Lipinski definition) is 6. The highest BCUT2D eigenvalue weighted by molar-refractivity contribution is 5.90. The van der Waals surface area contributed by atoms with E-state index in [-0.39, 0.29) is 6.42 Å². The highest BCUT2D eigenvalue weighted by atomic mass is 16.6. The first-order valence-corrected chi connectivity index (χ1v) is 9.62. The molecule has 1 aromatic carbocycles. The number of alkyl carbamates (subject to hydrolysis) is 1. The Hall–Kier alpha value is -2.61. The maximum Gasteiger partial charge on any atom is 0.408 e. The summed E-state index contributed by atoms with van der Waals surface area (Å²) < 4.78 is 15.6. The number of carbonyl (C=O) groups is 3. The van der Waals surface area contributed by atoms with Gasteiger partial charge in [0.05, 0.1) is 7.11 Å². The summed E-state index contributed by atoms with van der Waals surface area (Å²) in [5, 5.41) is 2.66. The molecule has 1 saturated heterocycles. The number of esters is 1. The predicted octanol–water partition coefficient (Wildman–Crippen LogP) is 2.26. The molecule has 1 aliphatic heterocycles. The van der Waals surface area contributed by atoms with Crippen LogP contribution in [0.3, 0.4) is 0 Å².